The highest BCUT2D eigenvalue weighted by Crippen LogP contribution is 2.24. The van der Waals surface area contributed by atoms with Crippen LogP contribution in [0, 0.1) is 5.82 Å². The number of hydrogen-bond acceptors (Lipinski definition) is 6. The van der Waals surface area contributed by atoms with Gasteiger partial charge in [0.25, 0.3) is 5.91 Å². The number of carbonyl (C=O) groups excluding carboxylic acids is 1. The summed E-state index contributed by atoms with van der Waals surface area (Å²) in [5.74, 6) is -0.959. The number of benzene rings is 2. The van der Waals surface area contributed by atoms with Gasteiger partial charge in [-0.2, -0.15) is 4.31 Å². The van der Waals surface area contributed by atoms with Crippen LogP contribution < -0.4 is 5.32 Å². The number of rotatable bonds is 5. The lowest BCUT2D eigenvalue weighted by Gasteiger charge is -2.26. The van der Waals surface area contributed by atoms with E-state index in [0.717, 1.165) is 22.0 Å². The molecule has 10 heteroatoms. The van der Waals surface area contributed by atoms with E-state index in [-0.39, 0.29) is 37.6 Å². The predicted octanol–water partition coefficient (Wildman–Crippen LogP) is 2.56. The third-order valence-corrected chi connectivity index (χ3v) is 6.64. The van der Waals surface area contributed by atoms with Gasteiger partial charge in [-0.15, -0.1) is 0 Å². The summed E-state index contributed by atoms with van der Waals surface area (Å²) < 4.78 is 46.2. The number of amides is 1. The normalized spacial score (nSPS) is 14.9. The van der Waals surface area contributed by atoms with Crippen LogP contribution in [0.5, 0.6) is 0 Å². The van der Waals surface area contributed by atoms with Crippen LogP contribution >= 0.6 is 0 Å². The second-order valence-corrected chi connectivity index (χ2v) is 8.68. The second kappa shape index (κ2) is 8.88. The SMILES string of the molecule is O=C(Nc1ccc(F)c(S(=O)(=O)N2CCOCC2)c1)c1cnc(-c2ccccc2)nc1. The van der Waals surface area contributed by atoms with Crippen molar-refractivity contribution in [2.45, 2.75) is 4.90 Å². The Morgan fingerprint density at radius 1 is 1.03 bits per heavy atom. The van der Waals surface area contributed by atoms with Crippen molar-refractivity contribution in [2.24, 2.45) is 0 Å². The number of anilines is 1. The zero-order chi connectivity index (χ0) is 21.8. The van der Waals surface area contributed by atoms with Crippen molar-refractivity contribution in [3.05, 3.63) is 72.3 Å². The van der Waals surface area contributed by atoms with Gasteiger partial charge in [-0.05, 0) is 18.2 Å². The Hall–Kier alpha value is -3.21. The van der Waals surface area contributed by atoms with Gasteiger partial charge in [-0.3, -0.25) is 4.79 Å². The minimum Gasteiger partial charge on any atom is -0.379 e. The average Bonchev–Trinajstić information content (AvgIpc) is 2.81. The summed E-state index contributed by atoms with van der Waals surface area (Å²) in [7, 11) is -4.05. The van der Waals surface area contributed by atoms with E-state index in [4.69, 9.17) is 4.74 Å². The fourth-order valence-electron chi connectivity index (χ4n) is 3.09. The molecule has 1 saturated heterocycles. The zero-order valence-corrected chi connectivity index (χ0v) is 17.2. The van der Waals surface area contributed by atoms with E-state index in [1.165, 1.54) is 18.5 Å². The number of aromatic nitrogens is 2. The molecule has 1 fully saturated rings. The van der Waals surface area contributed by atoms with Crippen LogP contribution in [0.2, 0.25) is 0 Å². The fraction of sp³-hybridized carbons (Fsp3) is 0.190. The lowest BCUT2D eigenvalue weighted by atomic mass is 10.2. The molecule has 1 amide bonds. The molecule has 3 aromatic rings. The highest BCUT2D eigenvalue weighted by atomic mass is 32.2. The molecule has 2 aromatic carbocycles. The molecule has 0 bridgehead atoms. The molecule has 8 nitrogen and oxygen atoms in total. The van der Waals surface area contributed by atoms with E-state index in [2.05, 4.69) is 15.3 Å². The number of hydrogen-bond donors (Lipinski definition) is 1. The van der Waals surface area contributed by atoms with Crippen molar-refractivity contribution in [2.75, 3.05) is 31.6 Å². The van der Waals surface area contributed by atoms with Gasteiger partial charge in [0.2, 0.25) is 10.0 Å². The lowest BCUT2D eigenvalue weighted by molar-refractivity contribution is 0.0729. The van der Waals surface area contributed by atoms with Crippen LogP contribution in [0.15, 0.2) is 65.8 Å². The van der Waals surface area contributed by atoms with Gasteiger partial charge in [-0.25, -0.2) is 22.8 Å². The maximum atomic E-state index is 14.3. The molecular formula is C21H19FN4O4S. The first-order valence-corrected chi connectivity index (χ1v) is 11.0. The molecule has 0 saturated carbocycles. The van der Waals surface area contributed by atoms with Gasteiger partial charge in [0, 0.05) is 36.7 Å². The zero-order valence-electron chi connectivity index (χ0n) is 16.4. The maximum Gasteiger partial charge on any atom is 0.258 e. The quantitative estimate of drug-likeness (QED) is 0.652. The monoisotopic (exact) mass is 442 g/mol. The molecule has 0 aliphatic carbocycles. The smallest absolute Gasteiger partial charge is 0.258 e. The highest BCUT2D eigenvalue weighted by Gasteiger charge is 2.29. The number of sulfonamides is 1. The van der Waals surface area contributed by atoms with Crippen molar-refractivity contribution >= 4 is 21.6 Å². The molecular weight excluding hydrogens is 423 g/mol. The molecule has 1 aliphatic rings. The van der Waals surface area contributed by atoms with Crippen molar-refractivity contribution in [1.29, 1.82) is 0 Å². The Balaban J connectivity index is 1.53. The van der Waals surface area contributed by atoms with Gasteiger partial charge in [0.15, 0.2) is 5.82 Å². The molecule has 31 heavy (non-hydrogen) atoms. The minimum absolute atomic E-state index is 0.142. The van der Waals surface area contributed by atoms with E-state index < -0.39 is 26.6 Å². The van der Waals surface area contributed by atoms with Gasteiger partial charge in [0.05, 0.1) is 18.8 Å². The van der Waals surface area contributed by atoms with Crippen LogP contribution in [-0.4, -0.2) is 54.9 Å². The topological polar surface area (TPSA) is 101 Å². The first kappa shape index (κ1) is 21.0. The highest BCUT2D eigenvalue weighted by molar-refractivity contribution is 7.89. The van der Waals surface area contributed by atoms with Crippen LogP contribution in [0.1, 0.15) is 10.4 Å². The van der Waals surface area contributed by atoms with Crippen molar-refractivity contribution in [3.63, 3.8) is 0 Å². The first-order valence-electron chi connectivity index (χ1n) is 9.51. The molecule has 1 aliphatic heterocycles. The standard InChI is InChI=1S/C21H19FN4O4S/c22-18-7-6-17(12-19(18)31(28,29)26-8-10-30-11-9-26)25-21(27)16-13-23-20(24-14-16)15-4-2-1-3-5-15/h1-7,12-14H,8-11H2,(H,25,27). The number of morpholine rings is 1. The molecule has 1 aromatic heterocycles. The number of nitrogens with zero attached hydrogens (tertiary/aromatic N) is 3. The van der Waals surface area contributed by atoms with Gasteiger partial charge in [-0.1, -0.05) is 30.3 Å². The average molecular weight is 442 g/mol. The van der Waals surface area contributed by atoms with E-state index in [9.17, 15) is 17.6 Å². The van der Waals surface area contributed by atoms with E-state index >= 15 is 0 Å². The Morgan fingerprint density at radius 2 is 1.71 bits per heavy atom. The third-order valence-electron chi connectivity index (χ3n) is 4.72. The van der Waals surface area contributed by atoms with Gasteiger partial charge >= 0.3 is 0 Å². The Morgan fingerprint density at radius 3 is 2.39 bits per heavy atom. The summed E-state index contributed by atoms with van der Waals surface area (Å²) in [6, 6.07) is 12.7. The molecule has 1 N–H and O–H groups in total. The molecule has 2 heterocycles. The van der Waals surface area contributed by atoms with Crippen molar-refractivity contribution < 1.29 is 22.3 Å². The fourth-order valence-corrected chi connectivity index (χ4v) is 4.59. The summed E-state index contributed by atoms with van der Waals surface area (Å²) in [4.78, 5) is 20.4. The Labute approximate surface area is 178 Å². The molecule has 4 rings (SSSR count). The van der Waals surface area contributed by atoms with Gasteiger partial charge < -0.3 is 10.1 Å². The van der Waals surface area contributed by atoms with E-state index in [1.54, 1.807) is 0 Å². The number of halogens is 1. The first-order chi connectivity index (χ1) is 14.9. The molecule has 160 valence electrons. The van der Waals surface area contributed by atoms with Crippen LogP contribution in [0.25, 0.3) is 11.4 Å². The summed E-state index contributed by atoms with van der Waals surface area (Å²) in [5, 5.41) is 2.57. The molecule has 0 radical (unpaired) electrons. The Bertz CT molecular complexity index is 1180. The second-order valence-electron chi connectivity index (χ2n) is 6.78. The summed E-state index contributed by atoms with van der Waals surface area (Å²) in [5.41, 5.74) is 1.14. The largest absolute Gasteiger partial charge is 0.379 e. The van der Waals surface area contributed by atoms with E-state index in [0.29, 0.717) is 5.82 Å². The number of carbonyl (C=O) groups is 1. The maximum absolute atomic E-state index is 14.3. The van der Waals surface area contributed by atoms with Crippen molar-refractivity contribution in [1.82, 2.24) is 14.3 Å². The Kier molecular flexibility index (Phi) is 6.03. The summed E-state index contributed by atoms with van der Waals surface area (Å²) >= 11 is 0. The summed E-state index contributed by atoms with van der Waals surface area (Å²) in [6.07, 6.45) is 2.75. The van der Waals surface area contributed by atoms with E-state index in [1.807, 2.05) is 30.3 Å². The molecule has 0 unspecified atom stereocenters. The number of ether oxygens (including phenoxy) is 1. The number of nitrogens with one attached hydrogen (secondary N) is 1. The van der Waals surface area contributed by atoms with Crippen LogP contribution in [0.4, 0.5) is 10.1 Å². The third kappa shape index (κ3) is 4.61. The summed E-state index contributed by atoms with van der Waals surface area (Å²) in [6.45, 7) is 0.777. The van der Waals surface area contributed by atoms with Crippen LogP contribution in [0.3, 0.4) is 0 Å². The lowest BCUT2D eigenvalue weighted by Crippen LogP contribution is -2.40. The predicted molar refractivity (Wildman–Crippen MR) is 111 cm³/mol. The van der Waals surface area contributed by atoms with Crippen LogP contribution in [-0.2, 0) is 14.8 Å². The molecule has 0 atom stereocenters. The minimum atomic E-state index is -4.05. The van der Waals surface area contributed by atoms with Gasteiger partial charge in [0.1, 0.15) is 10.7 Å². The molecule has 0 spiro atoms. The van der Waals surface area contributed by atoms with Crippen molar-refractivity contribution in [3.8, 4) is 11.4 Å².